The van der Waals surface area contributed by atoms with E-state index in [0.717, 1.165) is 28.3 Å². The fourth-order valence-corrected chi connectivity index (χ4v) is 11.0. The highest BCUT2D eigenvalue weighted by atomic mass is 32.2. The van der Waals surface area contributed by atoms with Crippen LogP contribution in [0.5, 0.6) is 11.5 Å². The molecule has 2 heterocycles. The summed E-state index contributed by atoms with van der Waals surface area (Å²) in [6.45, 7) is 9.91. The Morgan fingerprint density at radius 3 is 1.71 bits per heavy atom. The van der Waals surface area contributed by atoms with Gasteiger partial charge in [-0.3, -0.25) is 19.0 Å². The van der Waals surface area contributed by atoms with E-state index >= 15 is 0 Å². The molecule has 2 aliphatic heterocycles. The second kappa shape index (κ2) is 20.3. The van der Waals surface area contributed by atoms with Crippen molar-refractivity contribution in [1.29, 1.82) is 0 Å². The Morgan fingerprint density at radius 1 is 0.536 bits per heavy atom. The van der Waals surface area contributed by atoms with E-state index in [0.29, 0.717) is 75.0 Å². The number of methoxy groups -OCH3 is 2. The molecule has 6 aromatic rings. The molecule has 0 aliphatic carbocycles. The Kier molecular flexibility index (Phi) is 14.2. The van der Waals surface area contributed by atoms with Crippen LogP contribution in [0.4, 0.5) is 22.7 Å². The number of ether oxygens (including phenoxy) is 2. The van der Waals surface area contributed by atoms with E-state index in [-0.39, 0.29) is 44.6 Å². The van der Waals surface area contributed by atoms with Crippen molar-refractivity contribution in [1.82, 2.24) is 9.80 Å². The number of amides is 2. The van der Waals surface area contributed by atoms with Gasteiger partial charge < -0.3 is 29.1 Å². The summed E-state index contributed by atoms with van der Waals surface area (Å²) < 4.78 is 71.4. The van der Waals surface area contributed by atoms with Gasteiger partial charge in [0, 0.05) is 86.8 Å². The first kappa shape index (κ1) is 48.4. The highest BCUT2D eigenvalue weighted by Crippen LogP contribution is 2.36. The predicted octanol–water partition coefficient (Wildman–Crippen LogP) is 8.12. The SMILES string of the molecule is COc1ccccc1N1CCN(C(=O)c2cc(S(=O)(=O)Nc3ccccc3)ccc2Cc2cccc(N3CCN(C(=O)c4cccc(S(=O)(=O)Nc5ccc(C(C)(C)C)cc5)c4)CC3)c2OC)CC1. The lowest BCUT2D eigenvalue weighted by Crippen LogP contribution is -2.49. The monoisotopic (exact) mass is 970 g/mol. The number of benzene rings is 6. The summed E-state index contributed by atoms with van der Waals surface area (Å²) in [6.07, 6.45) is 0.264. The quantitative estimate of drug-likeness (QED) is 0.109. The lowest BCUT2D eigenvalue weighted by Gasteiger charge is -2.37. The van der Waals surface area contributed by atoms with Gasteiger partial charge in [0.25, 0.3) is 31.9 Å². The molecule has 2 N–H and O–H groups in total. The van der Waals surface area contributed by atoms with E-state index in [9.17, 15) is 26.4 Å². The second-order valence-corrected chi connectivity index (χ2v) is 21.5. The molecule has 0 spiro atoms. The number of para-hydroxylation sites is 4. The first-order valence-electron chi connectivity index (χ1n) is 22.9. The van der Waals surface area contributed by atoms with Gasteiger partial charge in [0.15, 0.2) is 0 Å². The van der Waals surface area contributed by atoms with Gasteiger partial charge in [0.05, 0.1) is 35.4 Å². The number of carbonyl (C=O) groups is 2. The zero-order chi connectivity index (χ0) is 48.9. The average molecular weight is 971 g/mol. The third kappa shape index (κ3) is 11.0. The molecule has 8 rings (SSSR count). The van der Waals surface area contributed by atoms with Gasteiger partial charge in [0.2, 0.25) is 0 Å². The highest BCUT2D eigenvalue weighted by Gasteiger charge is 2.30. The van der Waals surface area contributed by atoms with Gasteiger partial charge in [-0.15, -0.1) is 0 Å². The van der Waals surface area contributed by atoms with Gasteiger partial charge in [-0.25, -0.2) is 16.8 Å². The van der Waals surface area contributed by atoms with E-state index in [1.807, 2.05) is 54.6 Å². The first-order chi connectivity index (χ1) is 33.0. The maximum atomic E-state index is 14.6. The highest BCUT2D eigenvalue weighted by molar-refractivity contribution is 7.93. The Bertz CT molecular complexity index is 3040. The molecular formula is C53H58N6O8S2. The van der Waals surface area contributed by atoms with Crippen molar-refractivity contribution in [2.45, 2.75) is 42.4 Å². The average Bonchev–Trinajstić information content (AvgIpc) is 3.36. The van der Waals surface area contributed by atoms with Crippen LogP contribution in [0, 0.1) is 0 Å². The summed E-state index contributed by atoms with van der Waals surface area (Å²) in [5, 5.41) is 0. The Balaban J connectivity index is 0.989. The molecule has 360 valence electrons. The fourth-order valence-electron chi connectivity index (χ4n) is 8.79. The van der Waals surface area contributed by atoms with Crippen LogP contribution in [0.2, 0.25) is 0 Å². The maximum Gasteiger partial charge on any atom is 0.261 e. The lowest BCUT2D eigenvalue weighted by molar-refractivity contribution is 0.0738. The van der Waals surface area contributed by atoms with Crippen molar-refractivity contribution in [2.24, 2.45) is 0 Å². The van der Waals surface area contributed by atoms with Gasteiger partial charge in [-0.05, 0) is 89.3 Å². The molecule has 69 heavy (non-hydrogen) atoms. The molecule has 14 nitrogen and oxygen atoms in total. The van der Waals surface area contributed by atoms with Crippen LogP contribution in [0.3, 0.4) is 0 Å². The van der Waals surface area contributed by atoms with E-state index in [1.165, 1.54) is 24.3 Å². The van der Waals surface area contributed by atoms with Crippen LogP contribution >= 0.6 is 0 Å². The van der Waals surface area contributed by atoms with Crippen LogP contribution in [0.25, 0.3) is 0 Å². The summed E-state index contributed by atoms with van der Waals surface area (Å²) in [6, 6.07) is 40.2. The molecule has 2 aliphatic rings. The molecule has 2 saturated heterocycles. The molecule has 0 bridgehead atoms. The number of hydrogen-bond donors (Lipinski definition) is 2. The van der Waals surface area contributed by atoms with Crippen LogP contribution < -0.4 is 28.7 Å². The van der Waals surface area contributed by atoms with Crippen molar-refractivity contribution in [3.63, 3.8) is 0 Å². The molecule has 6 aromatic carbocycles. The van der Waals surface area contributed by atoms with Crippen molar-refractivity contribution in [2.75, 3.05) is 85.8 Å². The van der Waals surface area contributed by atoms with Crippen molar-refractivity contribution >= 4 is 54.6 Å². The van der Waals surface area contributed by atoms with E-state index in [1.54, 1.807) is 84.7 Å². The number of carbonyl (C=O) groups excluding carboxylic acids is 2. The van der Waals surface area contributed by atoms with E-state index in [2.05, 4.69) is 40.0 Å². The molecule has 0 saturated carbocycles. The smallest absolute Gasteiger partial charge is 0.261 e. The minimum atomic E-state index is -4.06. The molecule has 0 radical (unpaired) electrons. The number of piperazine rings is 2. The number of nitrogens with zero attached hydrogens (tertiary/aromatic N) is 4. The fraction of sp³-hybridized carbons (Fsp3) is 0.283. The maximum absolute atomic E-state index is 14.6. The summed E-state index contributed by atoms with van der Waals surface area (Å²) in [7, 11) is -4.81. The zero-order valence-corrected chi connectivity index (χ0v) is 41.1. The topological polar surface area (TPSA) is 158 Å². The largest absolute Gasteiger partial charge is 0.495 e. The summed E-state index contributed by atoms with van der Waals surface area (Å²) in [5.74, 6) is 0.799. The molecule has 2 fully saturated rings. The molecule has 2 amide bonds. The van der Waals surface area contributed by atoms with Crippen molar-refractivity contribution in [3.05, 3.63) is 167 Å². The Morgan fingerprint density at radius 2 is 1.09 bits per heavy atom. The summed E-state index contributed by atoms with van der Waals surface area (Å²) >= 11 is 0. The molecule has 0 unspecified atom stereocenters. The zero-order valence-electron chi connectivity index (χ0n) is 39.5. The minimum absolute atomic E-state index is 0.00918. The van der Waals surface area contributed by atoms with E-state index < -0.39 is 20.0 Å². The summed E-state index contributed by atoms with van der Waals surface area (Å²) in [5.41, 5.74) is 5.55. The standard InChI is InChI=1S/C53H58N6O8S2/c1-53(2,3)41-22-24-43(25-23-41)55-68(62,63)44-17-11-14-40(36-44)51(60)58-31-29-57(30-32-58)48-19-12-13-39(50(48)67-5)35-38-21-26-45(69(64,65)54-42-15-7-6-8-16-42)37-46(38)52(61)59-33-27-56(28-34-59)47-18-9-10-20-49(47)66-4/h6-26,36-37,54-55H,27-35H2,1-5H3. The Labute approximate surface area is 405 Å². The number of hydrogen-bond acceptors (Lipinski definition) is 10. The minimum Gasteiger partial charge on any atom is -0.495 e. The van der Waals surface area contributed by atoms with Crippen LogP contribution in [0.1, 0.15) is 58.2 Å². The van der Waals surface area contributed by atoms with Gasteiger partial charge in [-0.1, -0.05) is 87.5 Å². The molecule has 16 heteroatoms. The molecular weight excluding hydrogens is 913 g/mol. The third-order valence-corrected chi connectivity index (χ3v) is 15.4. The van der Waals surface area contributed by atoms with E-state index in [4.69, 9.17) is 9.47 Å². The van der Waals surface area contributed by atoms with Gasteiger partial charge in [-0.2, -0.15) is 0 Å². The summed E-state index contributed by atoms with van der Waals surface area (Å²) in [4.78, 5) is 36.2. The first-order valence-corrected chi connectivity index (χ1v) is 25.8. The predicted molar refractivity (Wildman–Crippen MR) is 271 cm³/mol. The number of rotatable bonds is 14. The van der Waals surface area contributed by atoms with Crippen molar-refractivity contribution < 1.29 is 35.9 Å². The van der Waals surface area contributed by atoms with Crippen molar-refractivity contribution in [3.8, 4) is 11.5 Å². The lowest BCUT2D eigenvalue weighted by atomic mass is 9.87. The molecule has 0 atom stereocenters. The van der Waals surface area contributed by atoms with Gasteiger partial charge >= 0.3 is 0 Å². The van der Waals surface area contributed by atoms with Crippen LogP contribution in [-0.2, 0) is 31.9 Å². The van der Waals surface area contributed by atoms with Gasteiger partial charge in [0.1, 0.15) is 11.5 Å². The second-order valence-electron chi connectivity index (χ2n) is 18.1. The third-order valence-electron chi connectivity index (χ3n) is 12.6. The number of anilines is 4. The number of nitrogens with one attached hydrogen (secondary N) is 2. The Hall–Kier alpha value is -7.04. The van der Waals surface area contributed by atoms with Crippen LogP contribution in [-0.4, -0.2) is 105 Å². The normalized spacial score (nSPS) is 14.6. The van der Waals surface area contributed by atoms with Crippen LogP contribution in [0.15, 0.2) is 149 Å². The molecule has 0 aromatic heterocycles. The number of sulfonamides is 2.